The molecule has 23 heavy (non-hydrogen) atoms. The number of carbonyl (C=O) groups excluding carboxylic acids is 1. The van der Waals surface area contributed by atoms with Crippen molar-refractivity contribution < 1.29 is 19.2 Å². The van der Waals surface area contributed by atoms with Gasteiger partial charge >= 0.3 is 0 Å². The molecule has 0 heterocycles. The van der Waals surface area contributed by atoms with Crippen LogP contribution in [0.5, 0.6) is 11.5 Å². The summed E-state index contributed by atoms with van der Waals surface area (Å²) in [4.78, 5) is 22.5. The van der Waals surface area contributed by atoms with Crippen LogP contribution in [0.4, 0.5) is 5.69 Å². The molecule has 0 unspecified atom stereocenters. The van der Waals surface area contributed by atoms with Crippen LogP contribution < -0.4 is 15.2 Å². The zero-order valence-corrected chi connectivity index (χ0v) is 12.7. The molecule has 0 atom stereocenters. The van der Waals surface area contributed by atoms with E-state index in [-0.39, 0.29) is 34.7 Å². The Morgan fingerprint density at radius 1 is 1.22 bits per heavy atom. The maximum absolute atomic E-state index is 11.6. The minimum absolute atomic E-state index is 0.206. The summed E-state index contributed by atoms with van der Waals surface area (Å²) < 4.78 is 10.5. The van der Waals surface area contributed by atoms with Crippen LogP contribution in [0.15, 0.2) is 36.4 Å². The zero-order chi connectivity index (χ0) is 17.0. The van der Waals surface area contributed by atoms with E-state index in [4.69, 9.17) is 15.2 Å². The van der Waals surface area contributed by atoms with Gasteiger partial charge in [-0.15, -0.1) is 0 Å². The van der Waals surface area contributed by atoms with Crippen LogP contribution >= 0.6 is 0 Å². The molecule has 0 aliphatic rings. The molecule has 2 rings (SSSR count). The van der Waals surface area contributed by atoms with Crippen molar-refractivity contribution >= 4 is 11.6 Å². The fourth-order valence-corrected chi connectivity index (χ4v) is 2.42. The lowest BCUT2D eigenvalue weighted by Gasteiger charge is -2.15. The molecule has 120 valence electrons. The number of nitrogens with zero attached hydrogens (tertiary/aromatic N) is 1. The summed E-state index contributed by atoms with van der Waals surface area (Å²) in [5.41, 5.74) is 5.80. The maximum atomic E-state index is 11.6. The van der Waals surface area contributed by atoms with Crippen LogP contribution in [-0.2, 0) is 6.42 Å². The molecule has 0 saturated carbocycles. The van der Waals surface area contributed by atoms with Crippen LogP contribution in [-0.4, -0.2) is 25.1 Å². The van der Waals surface area contributed by atoms with E-state index in [1.807, 2.05) is 30.3 Å². The fourth-order valence-electron chi connectivity index (χ4n) is 2.42. The van der Waals surface area contributed by atoms with E-state index >= 15 is 0 Å². The van der Waals surface area contributed by atoms with Crippen molar-refractivity contribution in [1.29, 1.82) is 0 Å². The first-order chi connectivity index (χ1) is 11.0. The number of hydrogen-bond acceptors (Lipinski definition) is 5. The first-order valence-electron chi connectivity index (χ1n) is 6.75. The molecule has 0 bridgehead atoms. The molecule has 1 amide bonds. The highest BCUT2D eigenvalue weighted by Gasteiger charge is 2.30. The fraction of sp³-hybridized carbons (Fsp3) is 0.188. The monoisotopic (exact) mass is 316 g/mol. The van der Waals surface area contributed by atoms with Crippen LogP contribution in [0.1, 0.15) is 21.5 Å². The Balaban J connectivity index is 2.75. The Morgan fingerprint density at radius 2 is 1.87 bits per heavy atom. The van der Waals surface area contributed by atoms with Gasteiger partial charge in [0.1, 0.15) is 5.56 Å². The second-order valence-electron chi connectivity index (χ2n) is 4.77. The van der Waals surface area contributed by atoms with Crippen molar-refractivity contribution in [3.63, 3.8) is 0 Å². The van der Waals surface area contributed by atoms with Crippen molar-refractivity contribution in [3.8, 4) is 11.5 Å². The van der Waals surface area contributed by atoms with Crippen LogP contribution in [0, 0.1) is 10.1 Å². The van der Waals surface area contributed by atoms with Gasteiger partial charge in [-0.2, -0.15) is 0 Å². The van der Waals surface area contributed by atoms with E-state index in [1.54, 1.807) is 0 Å². The second-order valence-corrected chi connectivity index (χ2v) is 4.77. The van der Waals surface area contributed by atoms with Gasteiger partial charge in [0.05, 0.1) is 24.7 Å². The quantitative estimate of drug-likeness (QED) is 0.650. The van der Waals surface area contributed by atoms with Crippen LogP contribution in [0.3, 0.4) is 0 Å². The van der Waals surface area contributed by atoms with Gasteiger partial charge in [-0.3, -0.25) is 14.9 Å². The van der Waals surface area contributed by atoms with Crippen LogP contribution in [0.2, 0.25) is 0 Å². The number of nitro groups is 1. The summed E-state index contributed by atoms with van der Waals surface area (Å²) in [6, 6.07) is 10.4. The standard InChI is InChI=1S/C16H16N2O5/c1-22-13-9-12(16(17)19)14(18(20)21)11(15(13)23-2)8-10-6-4-3-5-7-10/h3-7,9H,8H2,1-2H3,(H2,17,19). The lowest BCUT2D eigenvalue weighted by atomic mass is 9.98. The number of ether oxygens (including phenoxy) is 2. The summed E-state index contributed by atoms with van der Waals surface area (Å²) in [6.07, 6.45) is 0.206. The predicted octanol–water partition coefficient (Wildman–Crippen LogP) is 2.30. The van der Waals surface area contributed by atoms with Crippen molar-refractivity contribution in [3.05, 3.63) is 63.2 Å². The minimum Gasteiger partial charge on any atom is -0.493 e. The molecule has 0 saturated heterocycles. The lowest BCUT2D eigenvalue weighted by molar-refractivity contribution is -0.385. The second kappa shape index (κ2) is 6.78. The molecule has 0 aromatic heterocycles. The summed E-state index contributed by atoms with van der Waals surface area (Å²) in [7, 11) is 2.78. The van der Waals surface area contributed by atoms with Gasteiger partial charge in [-0.25, -0.2) is 0 Å². The average molecular weight is 316 g/mol. The average Bonchev–Trinajstić information content (AvgIpc) is 2.54. The van der Waals surface area contributed by atoms with E-state index in [9.17, 15) is 14.9 Å². The van der Waals surface area contributed by atoms with Crippen molar-refractivity contribution in [2.45, 2.75) is 6.42 Å². The molecular formula is C16H16N2O5. The third kappa shape index (κ3) is 3.23. The van der Waals surface area contributed by atoms with E-state index in [0.29, 0.717) is 0 Å². The first-order valence-corrected chi connectivity index (χ1v) is 6.75. The molecule has 2 aromatic carbocycles. The van der Waals surface area contributed by atoms with Gasteiger partial charge in [0.15, 0.2) is 11.5 Å². The molecule has 0 aliphatic heterocycles. The van der Waals surface area contributed by atoms with Crippen LogP contribution in [0.25, 0.3) is 0 Å². The summed E-state index contributed by atoms with van der Waals surface area (Å²) in [5.74, 6) is -0.460. The lowest BCUT2D eigenvalue weighted by Crippen LogP contribution is -2.16. The number of carbonyl (C=O) groups is 1. The summed E-state index contributed by atoms with van der Waals surface area (Å²) in [6.45, 7) is 0. The minimum atomic E-state index is -0.896. The van der Waals surface area contributed by atoms with Gasteiger partial charge in [0.2, 0.25) is 0 Å². The number of nitrogens with two attached hydrogens (primary N) is 1. The largest absolute Gasteiger partial charge is 0.493 e. The molecule has 2 N–H and O–H groups in total. The molecule has 0 fully saturated rings. The Hall–Kier alpha value is -3.09. The number of hydrogen-bond donors (Lipinski definition) is 1. The molecule has 7 nitrogen and oxygen atoms in total. The zero-order valence-electron chi connectivity index (χ0n) is 12.7. The molecule has 0 radical (unpaired) electrons. The predicted molar refractivity (Wildman–Crippen MR) is 84.0 cm³/mol. The van der Waals surface area contributed by atoms with Gasteiger partial charge < -0.3 is 15.2 Å². The summed E-state index contributed by atoms with van der Waals surface area (Å²) in [5, 5.41) is 11.5. The molecule has 0 spiro atoms. The van der Waals surface area contributed by atoms with Gasteiger partial charge in [0, 0.05) is 12.5 Å². The van der Waals surface area contributed by atoms with Gasteiger partial charge in [-0.05, 0) is 5.56 Å². The number of methoxy groups -OCH3 is 2. The number of benzene rings is 2. The Bertz CT molecular complexity index is 744. The highest BCUT2D eigenvalue weighted by molar-refractivity contribution is 5.98. The van der Waals surface area contributed by atoms with Crippen molar-refractivity contribution in [1.82, 2.24) is 0 Å². The Morgan fingerprint density at radius 3 is 2.35 bits per heavy atom. The highest BCUT2D eigenvalue weighted by atomic mass is 16.6. The van der Waals surface area contributed by atoms with Crippen molar-refractivity contribution in [2.75, 3.05) is 14.2 Å². The van der Waals surface area contributed by atoms with E-state index < -0.39 is 10.8 Å². The Kier molecular flexibility index (Phi) is 4.80. The van der Waals surface area contributed by atoms with E-state index in [2.05, 4.69) is 0 Å². The van der Waals surface area contributed by atoms with E-state index in [1.165, 1.54) is 20.3 Å². The number of primary amides is 1. The normalized spacial score (nSPS) is 10.2. The third-order valence-electron chi connectivity index (χ3n) is 3.41. The van der Waals surface area contributed by atoms with Crippen molar-refractivity contribution in [2.24, 2.45) is 5.73 Å². The number of amides is 1. The third-order valence-corrected chi connectivity index (χ3v) is 3.41. The topological polar surface area (TPSA) is 105 Å². The highest BCUT2D eigenvalue weighted by Crippen LogP contribution is 2.41. The first kappa shape index (κ1) is 16.3. The summed E-state index contributed by atoms with van der Waals surface area (Å²) >= 11 is 0. The maximum Gasteiger partial charge on any atom is 0.289 e. The molecule has 2 aromatic rings. The molecule has 7 heteroatoms. The smallest absolute Gasteiger partial charge is 0.289 e. The molecule has 0 aliphatic carbocycles. The van der Waals surface area contributed by atoms with E-state index in [0.717, 1.165) is 5.56 Å². The Labute approximate surface area is 132 Å². The number of nitro benzene ring substituents is 1. The SMILES string of the molecule is COc1cc(C(N)=O)c([N+](=O)[O-])c(Cc2ccccc2)c1OC. The molecular weight excluding hydrogens is 300 g/mol. The van der Waals surface area contributed by atoms with Gasteiger partial charge in [0.25, 0.3) is 11.6 Å². The number of rotatable bonds is 6. The van der Waals surface area contributed by atoms with Gasteiger partial charge in [-0.1, -0.05) is 30.3 Å².